The van der Waals surface area contributed by atoms with Gasteiger partial charge in [-0.3, -0.25) is 9.59 Å². The van der Waals surface area contributed by atoms with Crippen LogP contribution in [-0.2, 0) is 0 Å². The third-order valence-corrected chi connectivity index (χ3v) is 5.65. The topological polar surface area (TPSA) is 95.8 Å². The summed E-state index contributed by atoms with van der Waals surface area (Å²) < 4.78 is 17.8. The van der Waals surface area contributed by atoms with Gasteiger partial charge in [0.1, 0.15) is 11.4 Å². The third kappa shape index (κ3) is 2.38. The fourth-order valence-electron chi connectivity index (χ4n) is 4.19. The summed E-state index contributed by atoms with van der Waals surface area (Å²) in [5.74, 6) is 0.802. The molecule has 2 aromatic carbocycles. The van der Waals surface area contributed by atoms with E-state index in [4.69, 9.17) is 14.2 Å². The second-order valence-corrected chi connectivity index (χ2v) is 7.40. The Balaban J connectivity index is 1.53. The number of hydrogen-bond acceptors (Lipinski definition) is 7. The number of fused-ring (bicyclic) bond motifs is 4. The van der Waals surface area contributed by atoms with Crippen molar-refractivity contribution in [2.24, 2.45) is 0 Å². The summed E-state index contributed by atoms with van der Waals surface area (Å²) in [4.78, 5) is 32.3. The van der Waals surface area contributed by atoms with Crippen LogP contribution in [0.15, 0.2) is 48.7 Å². The van der Waals surface area contributed by atoms with Crippen molar-refractivity contribution in [1.82, 2.24) is 14.8 Å². The second-order valence-electron chi connectivity index (χ2n) is 7.40. The lowest BCUT2D eigenvalue weighted by Gasteiger charge is -2.14. The van der Waals surface area contributed by atoms with E-state index in [0.29, 0.717) is 45.4 Å². The van der Waals surface area contributed by atoms with Crippen LogP contribution in [-0.4, -0.2) is 40.5 Å². The SMILES string of the molecule is COc1ccccc1-n1nc(C)c2c3c(cnc21)C(=O)N(c1ccc2c(c1)OCO2)C3=O. The van der Waals surface area contributed by atoms with Gasteiger partial charge in [-0.1, -0.05) is 12.1 Å². The number of carbonyl (C=O) groups excluding carboxylic acids is 2. The molecule has 4 heterocycles. The Morgan fingerprint density at radius 3 is 2.69 bits per heavy atom. The Kier molecular flexibility index (Phi) is 3.76. The van der Waals surface area contributed by atoms with E-state index in [0.717, 1.165) is 4.90 Å². The molecule has 2 aliphatic rings. The number of rotatable bonds is 3. The lowest BCUT2D eigenvalue weighted by molar-refractivity contribution is 0.0926. The average Bonchev–Trinajstić information content (AvgIpc) is 3.48. The number of aryl methyl sites for hydroxylation is 1. The number of benzene rings is 2. The summed E-state index contributed by atoms with van der Waals surface area (Å²) >= 11 is 0. The smallest absolute Gasteiger partial charge is 0.267 e. The van der Waals surface area contributed by atoms with Gasteiger partial charge in [0.15, 0.2) is 17.1 Å². The fraction of sp³-hybridized carbons (Fsp3) is 0.130. The first-order valence-corrected chi connectivity index (χ1v) is 9.88. The van der Waals surface area contributed by atoms with Crippen molar-refractivity contribution >= 4 is 28.5 Å². The molecule has 2 aliphatic heterocycles. The van der Waals surface area contributed by atoms with Crippen LogP contribution < -0.4 is 19.1 Å². The van der Waals surface area contributed by atoms with Crippen molar-refractivity contribution < 1.29 is 23.8 Å². The maximum atomic E-state index is 13.5. The molecule has 0 saturated carbocycles. The molecule has 6 rings (SSSR count). The van der Waals surface area contributed by atoms with Crippen molar-refractivity contribution in [3.05, 3.63) is 65.5 Å². The van der Waals surface area contributed by atoms with Crippen LogP contribution in [0.5, 0.6) is 17.2 Å². The molecule has 0 bridgehead atoms. The maximum Gasteiger partial charge on any atom is 0.267 e. The number of methoxy groups -OCH3 is 1. The highest BCUT2D eigenvalue weighted by atomic mass is 16.7. The van der Waals surface area contributed by atoms with Gasteiger partial charge in [0.25, 0.3) is 11.8 Å². The first-order valence-electron chi connectivity index (χ1n) is 9.88. The Hall–Kier alpha value is -4.40. The van der Waals surface area contributed by atoms with E-state index < -0.39 is 11.8 Å². The quantitative estimate of drug-likeness (QED) is 0.462. The Morgan fingerprint density at radius 1 is 1.03 bits per heavy atom. The van der Waals surface area contributed by atoms with E-state index in [1.165, 1.54) is 6.20 Å². The van der Waals surface area contributed by atoms with Gasteiger partial charge in [-0.05, 0) is 31.2 Å². The molecule has 0 atom stereocenters. The van der Waals surface area contributed by atoms with Crippen molar-refractivity contribution in [3.8, 4) is 22.9 Å². The van der Waals surface area contributed by atoms with E-state index >= 15 is 0 Å². The standard InChI is InChI=1S/C23H16N4O5/c1-12-19-20-14(10-24-21(19)27(25-12)15-5-3-4-6-16(15)30-2)22(28)26(23(20)29)13-7-8-17-18(9-13)32-11-31-17/h3-10H,11H2,1-2H3. The number of ether oxygens (including phenoxy) is 3. The van der Waals surface area contributed by atoms with Gasteiger partial charge in [0, 0.05) is 12.3 Å². The molecule has 0 unspecified atom stereocenters. The van der Waals surface area contributed by atoms with Crippen LogP contribution in [0, 0.1) is 6.92 Å². The van der Waals surface area contributed by atoms with Crippen LogP contribution >= 0.6 is 0 Å². The van der Waals surface area contributed by atoms with Crippen molar-refractivity contribution in [2.45, 2.75) is 6.92 Å². The van der Waals surface area contributed by atoms with Crippen LogP contribution in [0.4, 0.5) is 5.69 Å². The lowest BCUT2D eigenvalue weighted by Crippen LogP contribution is -2.29. The zero-order valence-electron chi connectivity index (χ0n) is 17.2. The molecule has 9 heteroatoms. The highest BCUT2D eigenvalue weighted by Gasteiger charge is 2.40. The first kappa shape index (κ1) is 18.4. The third-order valence-electron chi connectivity index (χ3n) is 5.65. The van der Waals surface area contributed by atoms with Crippen LogP contribution in [0.25, 0.3) is 16.7 Å². The minimum Gasteiger partial charge on any atom is -0.494 e. The predicted octanol–water partition coefficient (Wildman–Crippen LogP) is 3.27. The molecular weight excluding hydrogens is 412 g/mol. The molecule has 32 heavy (non-hydrogen) atoms. The van der Waals surface area contributed by atoms with Crippen LogP contribution in [0.3, 0.4) is 0 Å². The summed E-state index contributed by atoms with van der Waals surface area (Å²) in [6, 6.07) is 12.4. The minimum absolute atomic E-state index is 0.104. The summed E-state index contributed by atoms with van der Waals surface area (Å²) in [5.41, 5.74) is 2.68. The summed E-state index contributed by atoms with van der Waals surface area (Å²) in [5, 5.41) is 5.14. The van der Waals surface area contributed by atoms with E-state index in [-0.39, 0.29) is 17.9 Å². The molecule has 2 amide bonds. The van der Waals surface area contributed by atoms with E-state index in [9.17, 15) is 9.59 Å². The molecule has 0 radical (unpaired) electrons. The number of amides is 2. The lowest BCUT2D eigenvalue weighted by atomic mass is 10.1. The highest BCUT2D eigenvalue weighted by Crippen LogP contribution is 2.39. The zero-order valence-corrected chi connectivity index (χ0v) is 17.2. The van der Waals surface area contributed by atoms with Crippen molar-refractivity contribution in [1.29, 1.82) is 0 Å². The van der Waals surface area contributed by atoms with Crippen molar-refractivity contribution in [3.63, 3.8) is 0 Å². The Bertz CT molecular complexity index is 1460. The van der Waals surface area contributed by atoms with Gasteiger partial charge >= 0.3 is 0 Å². The number of para-hydroxylation sites is 2. The summed E-state index contributed by atoms with van der Waals surface area (Å²) in [6.45, 7) is 1.89. The summed E-state index contributed by atoms with van der Waals surface area (Å²) in [6.07, 6.45) is 1.43. The minimum atomic E-state index is -0.442. The summed E-state index contributed by atoms with van der Waals surface area (Å²) in [7, 11) is 1.58. The fourth-order valence-corrected chi connectivity index (χ4v) is 4.19. The van der Waals surface area contributed by atoms with Gasteiger partial charge in [0.05, 0.1) is 35.0 Å². The zero-order chi connectivity index (χ0) is 22.0. The molecule has 158 valence electrons. The van der Waals surface area contributed by atoms with Crippen LogP contribution in [0.1, 0.15) is 26.4 Å². The van der Waals surface area contributed by atoms with Crippen LogP contribution in [0.2, 0.25) is 0 Å². The van der Waals surface area contributed by atoms with Gasteiger partial charge in [-0.15, -0.1) is 0 Å². The van der Waals surface area contributed by atoms with Gasteiger partial charge in [0.2, 0.25) is 6.79 Å². The number of nitrogens with zero attached hydrogens (tertiary/aromatic N) is 4. The van der Waals surface area contributed by atoms with E-state index in [1.807, 2.05) is 24.3 Å². The molecule has 0 N–H and O–H groups in total. The van der Waals surface area contributed by atoms with E-state index in [2.05, 4.69) is 10.1 Å². The first-order chi connectivity index (χ1) is 15.6. The van der Waals surface area contributed by atoms with E-state index in [1.54, 1.807) is 36.9 Å². The van der Waals surface area contributed by atoms with Gasteiger partial charge in [-0.2, -0.15) is 5.10 Å². The molecule has 4 aromatic rings. The average molecular weight is 428 g/mol. The molecule has 0 saturated heterocycles. The van der Waals surface area contributed by atoms with Gasteiger partial charge in [-0.25, -0.2) is 14.6 Å². The molecule has 0 aliphatic carbocycles. The molecule has 2 aromatic heterocycles. The largest absolute Gasteiger partial charge is 0.494 e. The molecule has 9 nitrogen and oxygen atoms in total. The second kappa shape index (κ2) is 6.55. The number of imide groups is 1. The number of aromatic nitrogens is 3. The normalized spacial score (nSPS) is 14.4. The maximum absolute atomic E-state index is 13.5. The number of pyridine rings is 1. The van der Waals surface area contributed by atoms with Crippen molar-refractivity contribution in [2.75, 3.05) is 18.8 Å². The molecule has 0 fully saturated rings. The number of anilines is 1. The monoisotopic (exact) mass is 428 g/mol. The highest BCUT2D eigenvalue weighted by molar-refractivity contribution is 6.37. The van der Waals surface area contributed by atoms with Gasteiger partial charge < -0.3 is 14.2 Å². The molecule has 0 spiro atoms. The predicted molar refractivity (Wildman–Crippen MR) is 114 cm³/mol. The Morgan fingerprint density at radius 2 is 1.84 bits per heavy atom. The molecular formula is C23H16N4O5. The number of hydrogen-bond donors (Lipinski definition) is 0. The number of carbonyl (C=O) groups is 2. The Labute approximate surface area is 181 Å².